The first kappa shape index (κ1) is 37.9. The number of hydrogen-bond donors (Lipinski definition) is 0. The van der Waals surface area contributed by atoms with Crippen LogP contribution in [0.1, 0.15) is 25.0 Å². The number of para-hydroxylation sites is 2. The van der Waals surface area contributed by atoms with Crippen LogP contribution in [-0.2, 0) is 5.41 Å². The molecule has 0 saturated heterocycles. The number of hydrogen-bond acceptors (Lipinski definition) is 2. The van der Waals surface area contributed by atoms with Crippen molar-refractivity contribution < 1.29 is 0 Å². The van der Waals surface area contributed by atoms with Crippen LogP contribution in [0.5, 0.6) is 0 Å². The van der Waals surface area contributed by atoms with Crippen molar-refractivity contribution >= 4 is 75.7 Å². The summed E-state index contributed by atoms with van der Waals surface area (Å²) in [6, 6.07) is 76.0. The van der Waals surface area contributed by atoms with Gasteiger partial charge in [-0.1, -0.05) is 190 Å². The molecular formula is C65H42N2. The molecule has 0 radical (unpaired) electrons. The molecule has 1 aliphatic rings. The topological polar surface area (TPSA) is 25.8 Å². The third-order valence-corrected chi connectivity index (χ3v) is 14.9. The van der Waals surface area contributed by atoms with Crippen LogP contribution in [0, 0.1) is 0 Å². The molecule has 0 bridgehead atoms. The van der Waals surface area contributed by atoms with E-state index in [9.17, 15) is 0 Å². The maximum atomic E-state index is 5.14. The van der Waals surface area contributed by atoms with Gasteiger partial charge in [-0.15, -0.1) is 0 Å². The molecule has 2 heterocycles. The van der Waals surface area contributed by atoms with E-state index in [2.05, 4.69) is 232 Å². The van der Waals surface area contributed by atoms with E-state index in [1.54, 1.807) is 0 Å². The van der Waals surface area contributed by atoms with Gasteiger partial charge >= 0.3 is 0 Å². The van der Waals surface area contributed by atoms with Gasteiger partial charge in [0, 0.05) is 50.1 Å². The zero-order chi connectivity index (χ0) is 44.4. The summed E-state index contributed by atoms with van der Waals surface area (Å²) in [4.78, 5) is 10.2. The van der Waals surface area contributed by atoms with E-state index < -0.39 is 0 Å². The lowest BCUT2D eigenvalue weighted by Crippen LogP contribution is -2.14. The molecule has 0 N–H and O–H groups in total. The number of aromatic nitrogens is 2. The van der Waals surface area contributed by atoms with Gasteiger partial charge in [-0.25, -0.2) is 0 Å². The molecule has 0 saturated carbocycles. The van der Waals surface area contributed by atoms with Crippen LogP contribution in [0.3, 0.4) is 0 Å². The summed E-state index contributed by atoms with van der Waals surface area (Å²) < 4.78 is 0. The fraction of sp³-hybridized carbons (Fsp3) is 0.0462. The molecule has 67 heavy (non-hydrogen) atoms. The van der Waals surface area contributed by atoms with Gasteiger partial charge in [0.05, 0.1) is 11.0 Å². The SMILES string of the molecule is CC1(C)c2ccccc2-c2ccc(-c3c4ccccc4c(-c4ccc5cc(-c6c7ccccc7c(-c7ccccc7)c7c6cnc6ccccc67)ccc5c4)c4cnc5ccccc5c34)cc21. The normalized spacial score (nSPS) is 13.0. The summed E-state index contributed by atoms with van der Waals surface area (Å²) in [5.74, 6) is 0. The Kier molecular flexibility index (Phi) is 8.06. The Bertz CT molecular complexity index is 4240. The van der Waals surface area contributed by atoms with Gasteiger partial charge in [0.2, 0.25) is 0 Å². The van der Waals surface area contributed by atoms with Gasteiger partial charge in [-0.05, 0) is 129 Å². The largest absolute Gasteiger partial charge is 0.256 e. The highest BCUT2D eigenvalue weighted by Gasteiger charge is 2.35. The van der Waals surface area contributed by atoms with E-state index in [4.69, 9.17) is 9.97 Å². The third kappa shape index (κ3) is 5.51. The molecule has 2 aromatic heterocycles. The number of rotatable bonds is 4. The molecule has 0 amide bonds. The minimum atomic E-state index is -0.112. The monoisotopic (exact) mass is 850 g/mol. The lowest BCUT2D eigenvalue weighted by molar-refractivity contribution is 0.660. The highest BCUT2D eigenvalue weighted by molar-refractivity contribution is 6.29. The van der Waals surface area contributed by atoms with Crippen molar-refractivity contribution in [2.75, 3.05) is 0 Å². The molecule has 14 rings (SSSR count). The number of nitrogens with zero attached hydrogens (tertiary/aromatic N) is 2. The smallest absolute Gasteiger partial charge is 0.0708 e. The Morgan fingerprint density at radius 1 is 0.299 bits per heavy atom. The van der Waals surface area contributed by atoms with Crippen molar-refractivity contribution in [3.8, 4) is 55.6 Å². The summed E-state index contributed by atoms with van der Waals surface area (Å²) in [5.41, 5.74) is 17.0. The second kappa shape index (κ2) is 14.3. The Balaban J connectivity index is 0.988. The van der Waals surface area contributed by atoms with Crippen LogP contribution in [0.4, 0.5) is 0 Å². The van der Waals surface area contributed by atoms with Crippen molar-refractivity contribution in [1.29, 1.82) is 0 Å². The van der Waals surface area contributed by atoms with Gasteiger partial charge in [0.15, 0.2) is 0 Å². The molecule has 1 aliphatic carbocycles. The molecule has 0 fully saturated rings. The van der Waals surface area contributed by atoms with Gasteiger partial charge in [0.25, 0.3) is 0 Å². The van der Waals surface area contributed by atoms with Crippen molar-refractivity contribution in [3.05, 3.63) is 230 Å². The van der Waals surface area contributed by atoms with E-state index in [1.165, 1.54) is 110 Å². The Hall–Kier alpha value is -8.46. The molecular weight excluding hydrogens is 809 g/mol. The Morgan fingerprint density at radius 2 is 0.716 bits per heavy atom. The number of pyridine rings is 2. The standard InChI is InChI=1S/C65H42N2/c1-65(2)55-25-13-10-18-45(55)46-33-32-44(36-56(46)65)62-50-22-9-7-20-48(50)60(54-38-67-58-27-15-12-24-52(58)64(54)62)43-31-29-40-34-42(30-28-41(40)35-43)59-47-19-6-8-21-49(47)61(39-16-4-3-5-17-39)63-51-23-11-14-26-57(51)66-37-53(59)63/h3-38H,1-2H3. The fourth-order valence-corrected chi connectivity index (χ4v) is 11.8. The first-order valence-corrected chi connectivity index (χ1v) is 23.3. The second-order valence-electron chi connectivity index (χ2n) is 18.8. The lowest BCUT2D eigenvalue weighted by Gasteiger charge is -2.23. The second-order valence-corrected chi connectivity index (χ2v) is 18.8. The van der Waals surface area contributed by atoms with Gasteiger partial charge in [-0.3, -0.25) is 9.97 Å². The van der Waals surface area contributed by atoms with Gasteiger partial charge < -0.3 is 0 Å². The molecule has 2 nitrogen and oxygen atoms in total. The van der Waals surface area contributed by atoms with Gasteiger partial charge in [0.1, 0.15) is 0 Å². The number of fused-ring (bicyclic) bond motifs is 12. The fourth-order valence-electron chi connectivity index (χ4n) is 11.8. The van der Waals surface area contributed by atoms with Crippen LogP contribution >= 0.6 is 0 Å². The van der Waals surface area contributed by atoms with E-state index in [-0.39, 0.29) is 5.41 Å². The van der Waals surface area contributed by atoms with Crippen molar-refractivity contribution in [3.63, 3.8) is 0 Å². The summed E-state index contributed by atoms with van der Waals surface area (Å²) >= 11 is 0. The van der Waals surface area contributed by atoms with Crippen LogP contribution in [-0.4, -0.2) is 9.97 Å². The van der Waals surface area contributed by atoms with Crippen LogP contribution in [0.25, 0.3) is 131 Å². The summed E-state index contributed by atoms with van der Waals surface area (Å²) in [7, 11) is 0. The maximum Gasteiger partial charge on any atom is 0.0708 e. The average molecular weight is 851 g/mol. The average Bonchev–Trinajstić information content (AvgIpc) is 3.61. The third-order valence-electron chi connectivity index (χ3n) is 14.9. The zero-order valence-corrected chi connectivity index (χ0v) is 37.2. The van der Waals surface area contributed by atoms with Crippen molar-refractivity contribution in [2.45, 2.75) is 19.3 Å². The van der Waals surface area contributed by atoms with Crippen LogP contribution in [0.15, 0.2) is 219 Å². The summed E-state index contributed by atoms with van der Waals surface area (Å²) in [6.45, 7) is 4.74. The van der Waals surface area contributed by atoms with E-state index in [0.717, 1.165) is 32.6 Å². The molecule has 0 spiro atoms. The lowest BCUT2D eigenvalue weighted by atomic mass is 9.80. The first-order chi connectivity index (χ1) is 33.0. The highest BCUT2D eigenvalue weighted by Crippen LogP contribution is 2.52. The Labute approximate surface area is 388 Å². The predicted molar refractivity (Wildman–Crippen MR) is 284 cm³/mol. The molecule has 0 aliphatic heterocycles. The van der Waals surface area contributed by atoms with Gasteiger partial charge in [-0.2, -0.15) is 0 Å². The van der Waals surface area contributed by atoms with E-state index >= 15 is 0 Å². The molecule has 312 valence electrons. The molecule has 2 heteroatoms. The van der Waals surface area contributed by atoms with Crippen molar-refractivity contribution in [1.82, 2.24) is 9.97 Å². The van der Waals surface area contributed by atoms with Crippen molar-refractivity contribution in [2.24, 2.45) is 0 Å². The Morgan fingerprint density at radius 3 is 1.28 bits per heavy atom. The molecule has 11 aromatic carbocycles. The summed E-state index contributed by atoms with van der Waals surface area (Å²) in [5, 5.41) is 14.4. The minimum absolute atomic E-state index is 0.112. The molecule has 0 unspecified atom stereocenters. The quantitative estimate of drug-likeness (QED) is 0.130. The first-order valence-electron chi connectivity index (χ1n) is 23.3. The minimum Gasteiger partial charge on any atom is -0.256 e. The highest BCUT2D eigenvalue weighted by atomic mass is 14.7. The molecule has 13 aromatic rings. The van der Waals surface area contributed by atoms with E-state index in [0.29, 0.717) is 0 Å². The van der Waals surface area contributed by atoms with Crippen LogP contribution in [0.2, 0.25) is 0 Å². The summed E-state index contributed by atoms with van der Waals surface area (Å²) in [6.07, 6.45) is 4.22. The zero-order valence-electron chi connectivity index (χ0n) is 37.2. The molecule has 0 atom stereocenters. The predicted octanol–water partition coefficient (Wildman–Crippen LogP) is 17.5. The van der Waals surface area contributed by atoms with E-state index in [1.807, 2.05) is 0 Å². The maximum absolute atomic E-state index is 5.14. The number of benzene rings is 11. The van der Waals surface area contributed by atoms with Crippen LogP contribution < -0.4 is 0 Å².